The fraction of sp³-hybridized carbons (Fsp3) is 0.400. The van der Waals surface area contributed by atoms with Gasteiger partial charge in [0, 0.05) is 11.6 Å². The van der Waals surface area contributed by atoms with E-state index in [1.54, 1.807) is 11.3 Å². The van der Waals surface area contributed by atoms with Gasteiger partial charge < -0.3 is 5.32 Å². The molecule has 1 fully saturated rings. The molecule has 0 aliphatic heterocycles. The van der Waals surface area contributed by atoms with Crippen LogP contribution in [0.4, 0.5) is 0 Å². The molecule has 1 aromatic carbocycles. The third-order valence-electron chi connectivity index (χ3n) is 4.78. The van der Waals surface area contributed by atoms with Gasteiger partial charge in [0.05, 0.1) is 15.5 Å². The van der Waals surface area contributed by atoms with Gasteiger partial charge in [0.25, 0.3) is 0 Å². The molecule has 7 heteroatoms. The lowest BCUT2D eigenvalue weighted by atomic mass is 10.1. The van der Waals surface area contributed by atoms with Crippen LogP contribution < -0.4 is 5.32 Å². The molecule has 0 saturated heterocycles. The Morgan fingerprint density at radius 2 is 1.93 bits per heavy atom. The second kappa shape index (κ2) is 7.94. The molecule has 1 aliphatic rings. The summed E-state index contributed by atoms with van der Waals surface area (Å²) in [6.07, 6.45) is 4.61. The zero-order valence-corrected chi connectivity index (χ0v) is 17.1. The molecule has 27 heavy (non-hydrogen) atoms. The molecule has 1 aliphatic carbocycles. The Hall–Kier alpha value is -1.99. The van der Waals surface area contributed by atoms with E-state index in [2.05, 4.69) is 51.7 Å². The molecule has 5 nitrogen and oxygen atoms in total. The van der Waals surface area contributed by atoms with Crippen LogP contribution in [0.3, 0.4) is 0 Å². The highest BCUT2D eigenvalue weighted by Gasteiger charge is 2.19. The molecule has 1 amide bonds. The monoisotopic (exact) mass is 398 g/mol. The van der Waals surface area contributed by atoms with Crippen molar-refractivity contribution < 1.29 is 4.79 Å². The summed E-state index contributed by atoms with van der Waals surface area (Å²) < 4.78 is 1.03. The standard InChI is InChI=1S/C20H22N4OS2/c1-12-7-9-14(10-8-12)17-19-18(21-13(2)27-19)20(24-23-17)26-11-16(25)22-15-5-3-4-6-15/h7-10,15H,3-6,11H2,1-2H3,(H,22,25). The maximum atomic E-state index is 12.2. The summed E-state index contributed by atoms with van der Waals surface area (Å²) in [5.74, 6) is 0.414. The lowest BCUT2D eigenvalue weighted by Crippen LogP contribution is -2.33. The van der Waals surface area contributed by atoms with E-state index in [1.165, 1.54) is 30.2 Å². The zero-order chi connectivity index (χ0) is 18.8. The van der Waals surface area contributed by atoms with Gasteiger partial charge in [0.1, 0.15) is 16.2 Å². The van der Waals surface area contributed by atoms with E-state index in [4.69, 9.17) is 0 Å². The molecule has 0 atom stereocenters. The van der Waals surface area contributed by atoms with Crippen LogP contribution in [0, 0.1) is 13.8 Å². The topological polar surface area (TPSA) is 67.8 Å². The Balaban J connectivity index is 1.56. The summed E-state index contributed by atoms with van der Waals surface area (Å²) in [5, 5.41) is 13.7. The first kappa shape index (κ1) is 18.4. The van der Waals surface area contributed by atoms with Gasteiger partial charge in [0.2, 0.25) is 5.91 Å². The number of thiazole rings is 1. The number of carbonyl (C=O) groups excluding carboxylic acids is 1. The first-order valence-electron chi connectivity index (χ1n) is 9.23. The highest BCUT2D eigenvalue weighted by atomic mass is 32.2. The first-order chi connectivity index (χ1) is 13.1. The highest BCUT2D eigenvalue weighted by molar-refractivity contribution is 8.00. The zero-order valence-electron chi connectivity index (χ0n) is 15.5. The Morgan fingerprint density at radius 3 is 2.67 bits per heavy atom. The van der Waals surface area contributed by atoms with Gasteiger partial charge in [-0.05, 0) is 26.7 Å². The number of aromatic nitrogens is 3. The van der Waals surface area contributed by atoms with Crippen LogP contribution in [-0.2, 0) is 4.79 Å². The first-order valence-corrected chi connectivity index (χ1v) is 11.0. The Bertz CT molecular complexity index is 962. The number of carbonyl (C=O) groups is 1. The van der Waals surface area contributed by atoms with E-state index in [0.29, 0.717) is 11.8 Å². The molecule has 1 saturated carbocycles. The van der Waals surface area contributed by atoms with E-state index in [0.717, 1.165) is 44.3 Å². The van der Waals surface area contributed by atoms with Crippen molar-refractivity contribution in [1.29, 1.82) is 0 Å². The minimum Gasteiger partial charge on any atom is -0.353 e. The van der Waals surface area contributed by atoms with Crippen molar-refractivity contribution in [3.8, 4) is 11.3 Å². The van der Waals surface area contributed by atoms with Crippen LogP contribution in [-0.4, -0.2) is 32.9 Å². The van der Waals surface area contributed by atoms with Crippen molar-refractivity contribution in [1.82, 2.24) is 20.5 Å². The third-order valence-corrected chi connectivity index (χ3v) is 6.71. The van der Waals surface area contributed by atoms with E-state index in [-0.39, 0.29) is 5.91 Å². The van der Waals surface area contributed by atoms with Gasteiger partial charge in [-0.1, -0.05) is 54.4 Å². The van der Waals surface area contributed by atoms with Crippen molar-refractivity contribution in [3.05, 3.63) is 34.8 Å². The number of nitrogens with zero attached hydrogens (tertiary/aromatic N) is 3. The fourth-order valence-electron chi connectivity index (χ4n) is 3.39. The van der Waals surface area contributed by atoms with Gasteiger partial charge >= 0.3 is 0 Å². The Morgan fingerprint density at radius 1 is 1.19 bits per heavy atom. The maximum Gasteiger partial charge on any atom is 0.230 e. The number of aryl methyl sites for hydroxylation is 2. The minimum atomic E-state index is 0.0661. The third kappa shape index (κ3) is 4.14. The normalized spacial score (nSPS) is 14.7. The van der Waals surface area contributed by atoms with Crippen molar-refractivity contribution in [3.63, 3.8) is 0 Å². The van der Waals surface area contributed by atoms with Gasteiger partial charge in [0.15, 0.2) is 0 Å². The smallest absolute Gasteiger partial charge is 0.230 e. The van der Waals surface area contributed by atoms with Gasteiger partial charge in [-0.2, -0.15) is 0 Å². The summed E-state index contributed by atoms with van der Waals surface area (Å²) in [4.78, 5) is 16.9. The molecule has 0 spiro atoms. The van der Waals surface area contributed by atoms with E-state index in [1.807, 2.05) is 6.92 Å². The number of benzene rings is 1. The van der Waals surface area contributed by atoms with E-state index >= 15 is 0 Å². The Kier molecular flexibility index (Phi) is 5.41. The number of hydrogen-bond acceptors (Lipinski definition) is 6. The van der Waals surface area contributed by atoms with Crippen LogP contribution in [0.15, 0.2) is 29.3 Å². The molecule has 0 unspecified atom stereocenters. The molecule has 0 radical (unpaired) electrons. The van der Waals surface area contributed by atoms with Crippen LogP contribution >= 0.6 is 23.1 Å². The lowest BCUT2D eigenvalue weighted by Gasteiger charge is -2.11. The van der Waals surface area contributed by atoms with Crippen LogP contribution in [0.25, 0.3) is 21.5 Å². The van der Waals surface area contributed by atoms with Crippen LogP contribution in [0.1, 0.15) is 36.3 Å². The molecule has 1 N–H and O–H groups in total. The second-order valence-electron chi connectivity index (χ2n) is 6.97. The molecule has 140 valence electrons. The largest absolute Gasteiger partial charge is 0.353 e. The molecule has 4 rings (SSSR count). The molecule has 3 aromatic rings. The quantitative estimate of drug-likeness (QED) is 0.640. The lowest BCUT2D eigenvalue weighted by molar-refractivity contribution is -0.119. The Labute approximate surface area is 167 Å². The second-order valence-corrected chi connectivity index (χ2v) is 9.14. The van der Waals surface area contributed by atoms with Crippen molar-refractivity contribution in [2.24, 2.45) is 0 Å². The predicted molar refractivity (Wildman–Crippen MR) is 111 cm³/mol. The van der Waals surface area contributed by atoms with E-state index < -0.39 is 0 Å². The van der Waals surface area contributed by atoms with Crippen molar-refractivity contribution >= 4 is 39.2 Å². The number of amides is 1. The summed E-state index contributed by atoms with van der Waals surface area (Å²) >= 11 is 3.04. The van der Waals surface area contributed by atoms with E-state index in [9.17, 15) is 4.79 Å². The van der Waals surface area contributed by atoms with Gasteiger partial charge in [-0.25, -0.2) is 4.98 Å². The van der Waals surface area contributed by atoms with Crippen molar-refractivity contribution in [2.45, 2.75) is 50.6 Å². The summed E-state index contributed by atoms with van der Waals surface area (Å²) in [5.41, 5.74) is 3.96. The number of fused-ring (bicyclic) bond motifs is 1. The molecular weight excluding hydrogens is 376 g/mol. The minimum absolute atomic E-state index is 0.0661. The number of thioether (sulfide) groups is 1. The number of hydrogen-bond donors (Lipinski definition) is 1. The van der Waals surface area contributed by atoms with Gasteiger partial charge in [-0.3, -0.25) is 4.79 Å². The van der Waals surface area contributed by atoms with Crippen molar-refractivity contribution in [2.75, 3.05) is 5.75 Å². The van der Waals surface area contributed by atoms with Crippen LogP contribution in [0.2, 0.25) is 0 Å². The molecular formula is C20H22N4OS2. The maximum absolute atomic E-state index is 12.2. The fourth-order valence-corrected chi connectivity index (χ4v) is 5.12. The van der Waals surface area contributed by atoms with Crippen LogP contribution in [0.5, 0.6) is 0 Å². The molecule has 2 aromatic heterocycles. The number of nitrogens with one attached hydrogen (secondary N) is 1. The highest BCUT2D eigenvalue weighted by Crippen LogP contribution is 2.35. The number of rotatable bonds is 5. The molecule has 0 bridgehead atoms. The van der Waals surface area contributed by atoms with Gasteiger partial charge in [-0.15, -0.1) is 21.5 Å². The summed E-state index contributed by atoms with van der Waals surface area (Å²) in [6.45, 7) is 4.06. The summed E-state index contributed by atoms with van der Waals surface area (Å²) in [7, 11) is 0. The average molecular weight is 399 g/mol. The SMILES string of the molecule is Cc1ccc(-c2nnc(SCC(=O)NC3CCCC3)c3nc(C)sc23)cc1. The average Bonchev–Trinajstić information content (AvgIpc) is 3.29. The summed E-state index contributed by atoms with van der Waals surface area (Å²) in [6, 6.07) is 8.62. The molecule has 2 heterocycles. The predicted octanol–water partition coefficient (Wildman–Crippen LogP) is 4.52.